The van der Waals surface area contributed by atoms with Crippen LogP contribution >= 0.6 is 11.6 Å². The first-order chi connectivity index (χ1) is 9.13. The molecule has 0 unspecified atom stereocenters. The van der Waals surface area contributed by atoms with Crippen LogP contribution in [0.5, 0.6) is 0 Å². The maximum absolute atomic E-state index is 6.03. The van der Waals surface area contributed by atoms with Crippen LogP contribution in [0.3, 0.4) is 0 Å². The van der Waals surface area contributed by atoms with Crippen molar-refractivity contribution in [3.63, 3.8) is 0 Å². The Labute approximate surface area is 119 Å². The second-order valence-corrected chi connectivity index (χ2v) is 5.01. The van der Waals surface area contributed by atoms with E-state index in [9.17, 15) is 0 Å². The average molecular weight is 285 g/mol. The summed E-state index contributed by atoms with van der Waals surface area (Å²) in [6.45, 7) is 9.77. The molecule has 0 aliphatic carbocycles. The maximum Gasteiger partial charge on any atom is 0.231 e. The zero-order valence-electron chi connectivity index (χ0n) is 11.8. The quantitative estimate of drug-likeness (QED) is 0.826. The van der Waals surface area contributed by atoms with Gasteiger partial charge in [-0.15, -0.1) is 0 Å². The fraction of sp³-hybridized carbons (Fsp3) is 0.750. The monoisotopic (exact) mass is 284 g/mol. The first-order valence-corrected chi connectivity index (χ1v) is 7.11. The lowest BCUT2D eigenvalue weighted by Gasteiger charge is -2.32. The molecule has 106 valence electrons. The standard InChI is InChI=1S/C12H21ClN6/c1-4-18(5-2)11-14-10(13)15-12(16-11)19-8-6-17(3)7-9-19/h4-9H2,1-3H3. The molecule has 1 aliphatic rings. The molecule has 1 saturated heterocycles. The maximum atomic E-state index is 6.03. The van der Waals surface area contributed by atoms with Gasteiger partial charge in [-0.1, -0.05) is 0 Å². The van der Waals surface area contributed by atoms with Crippen LogP contribution < -0.4 is 9.80 Å². The van der Waals surface area contributed by atoms with E-state index in [1.165, 1.54) is 0 Å². The van der Waals surface area contributed by atoms with Gasteiger partial charge in [0.05, 0.1) is 0 Å². The Balaban J connectivity index is 2.21. The van der Waals surface area contributed by atoms with Gasteiger partial charge >= 0.3 is 0 Å². The van der Waals surface area contributed by atoms with Gasteiger partial charge in [0.2, 0.25) is 17.2 Å². The predicted octanol–water partition coefficient (Wildman–Crippen LogP) is 1.12. The van der Waals surface area contributed by atoms with Crippen LogP contribution in [-0.4, -0.2) is 66.2 Å². The molecule has 19 heavy (non-hydrogen) atoms. The normalized spacial score (nSPS) is 16.7. The molecule has 0 aromatic carbocycles. The number of hydrogen-bond acceptors (Lipinski definition) is 6. The number of likely N-dealkylation sites (N-methyl/N-ethyl adjacent to an activating group) is 1. The SMILES string of the molecule is CCN(CC)c1nc(Cl)nc(N2CCN(C)CC2)n1. The number of hydrogen-bond donors (Lipinski definition) is 0. The number of anilines is 2. The zero-order chi connectivity index (χ0) is 13.8. The minimum absolute atomic E-state index is 0.269. The van der Waals surface area contributed by atoms with E-state index in [4.69, 9.17) is 11.6 Å². The fourth-order valence-corrected chi connectivity index (χ4v) is 2.28. The summed E-state index contributed by atoms with van der Waals surface area (Å²) in [6, 6.07) is 0. The van der Waals surface area contributed by atoms with Crippen molar-refractivity contribution in [1.82, 2.24) is 19.9 Å². The smallest absolute Gasteiger partial charge is 0.231 e. The Kier molecular flexibility index (Phi) is 4.76. The minimum atomic E-state index is 0.269. The van der Waals surface area contributed by atoms with E-state index in [1.54, 1.807) is 0 Å². The molecule has 0 spiro atoms. The Morgan fingerprint density at radius 3 is 2.26 bits per heavy atom. The number of rotatable bonds is 4. The van der Waals surface area contributed by atoms with E-state index in [2.05, 4.69) is 50.5 Å². The second-order valence-electron chi connectivity index (χ2n) is 4.67. The molecule has 1 aliphatic heterocycles. The first kappa shape index (κ1) is 14.3. The van der Waals surface area contributed by atoms with Crippen LogP contribution in [0.2, 0.25) is 5.28 Å². The van der Waals surface area contributed by atoms with Crippen LogP contribution in [0.15, 0.2) is 0 Å². The molecular weight excluding hydrogens is 264 g/mol. The van der Waals surface area contributed by atoms with Gasteiger partial charge in [0, 0.05) is 39.3 Å². The highest BCUT2D eigenvalue weighted by atomic mass is 35.5. The van der Waals surface area contributed by atoms with Gasteiger partial charge in [0.25, 0.3) is 0 Å². The number of nitrogens with zero attached hydrogens (tertiary/aromatic N) is 6. The van der Waals surface area contributed by atoms with Crippen LogP contribution in [0.25, 0.3) is 0 Å². The van der Waals surface area contributed by atoms with Gasteiger partial charge in [0.15, 0.2) is 0 Å². The Morgan fingerprint density at radius 1 is 1.05 bits per heavy atom. The highest BCUT2D eigenvalue weighted by molar-refractivity contribution is 6.28. The summed E-state index contributed by atoms with van der Waals surface area (Å²) in [5.74, 6) is 1.36. The average Bonchev–Trinajstić information content (AvgIpc) is 2.40. The first-order valence-electron chi connectivity index (χ1n) is 6.74. The summed E-state index contributed by atoms with van der Waals surface area (Å²) in [6.07, 6.45) is 0. The van der Waals surface area contributed by atoms with E-state index < -0.39 is 0 Å². The fourth-order valence-electron chi connectivity index (χ4n) is 2.13. The third-order valence-electron chi connectivity index (χ3n) is 3.42. The van der Waals surface area contributed by atoms with Crippen molar-refractivity contribution in [2.75, 3.05) is 56.1 Å². The van der Waals surface area contributed by atoms with Crippen LogP contribution in [-0.2, 0) is 0 Å². The van der Waals surface area contributed by atoms with E-state index >= 15 is 0 Å². The van der Waals surface area contributed by atoms with Crippen LogP contribution in [0.1, 0.15) is 13.8 Å². The minimum Gasteiger partial charge on any atom is -0.341 e. The van der Waals surface area contributed by atoms with E-state index in [1.807, 2.05) is 0 Å². The Bertz CT molecular complexity index is 415. The number of aromatic nitrogens is 3. The van der Waals surface area contributed by atoms with Gasteiger partial charge < -0.3 is 14.7 Å². The zero-order valence-corrected chi connectivity index (χ0v) is 12.6. The molecule has 2 heterocycles. The summed E-state index contributed by atoms with van der Waals surface area (Å²) in [4.78, 5) is 19.6. The molecule has 1 fully saturated rings. The highest BCUT2D eigenvalue weighted by Gasteiger charge is 2.19. The number of halogens is 1. The van der Waals surface area contributed by atoms with E-state index in [0.29, 0.717) is 11.9 Å². The van der Waals surface area contributed by atoms with Crippen molar-refractivity contribution in [3.05, 3.63) is 5.28 Å². The third kappa shape index (κ3) is 3.45. The highest BCUT2D eigenvalue weighted by Crippen LogP contribution is 2.17. The Morgan fingerprint density at radius 2 is 1.68 bits per heavy atom. The summed E-state index contributed by atoms with van der Waals surface area (Å²) in [5, 5.41) is 0.269. The van der Waals surface area contributed by atoms with Crippen molar-refractivity contribution in [2.24, 2.45) is 0 Å². The molecule has 1 aromatic heterocycles. The largest absolute Gasteiger partial charge is 0.341 e. The molecule has 1 aromatic rings. The molecule has 0 atom stereocenters. The lowest BCUT2D eigenvalue weighted by molar-refractivity contribution is 0.311. The van der Waals surface area contributed by atoms with Gasteiger partial charge in [-0.25, -0.2) is 0 Å². The summed E-state index contributed by atoms with van der Waals surface area (Å²) in [5.41, 5.74) is 0. The molecule has 0 amide bonds. The second kappa shape index (κ2) is 6.34. The molecule has 0 radical (unpaired) electrons. The Hall–Kier alpha value is -1.14. The van der Waals surface area contributed by atoms with Crippen molar-refractivity contribution < 1.29 is 0 Å². The van der Waals surface area contributed by atoms with Gasteiger partial charge in [-0.3, -0.25) is 0 Å². The summed E-state index contributed by atoms with van der Waals surface area (Å²) in [7, 11) is 2.12. The topological polar surface area (TPSA) is 48.4 Å². The molecule has 0 saturated carbocycles. The van der Waals surface area contributed by atoms with Crippen molar-refractivity contribution >= 4 is 23.5 Å². The molecule has 6 nitrogen and oxygen atoms in total. The third-order valence-corrected chi connectivity index (χ3v) is 3.59. The van der Waals surface area contributed by atoms with Crippen LogP contribution in [0, 0.1) is 0 Å². The van der Waals surface area contributed by atoms with Crippen LogP contribution in [0.4, 0.5) is 11.9 Å². The summed E-state index contributed by atoms with van der Waals surface area (Å²) < 4.78 is 0. The molecule has 7 heteroatoms. The lowest BCUT2D eigenvalue weighted by atomic mass is 10.3. The predicted molar refractivity (Wildman–Crippen MR) is 78.1 cm³/mol. The van der Waals surface area contributed by atoms with E-state index in [-0.39, 0.29) is 5.28 Å². The lowest BCUT2D eigenvalue weighted by Crippen LogP contribution is -2.45. The molecular formula is C12H21ClN6. The molecule has 2 rings (SSSR count). The van der Waals surface area contributed by atoms with Gasteiger partial charge in [0.1, 0.15) is 0 Å². The van der Waals surface area contributed by atoms with Crippen molar-refractivity contribution in [1.29, 1.82) is 0 Å². The van der Waals surface area contributed by atoms with Gasteiger partial charge in [-0.2, -0.15) is 15.0 Å². The van der Waals surface area contributed by atoms with Crippen molar-refractivity contribution in [2.45, 2.75) is 13.8 Å². The van der Waals surface area contributed by atoms with Crippen molar-refractivity contribution in [3.8, 4) is 0 Å². The molecule has 0 N–H and O–H groups in total. The summed E-state index contributed by atoms with van der Waals surface area (Å²) >= 11 is 6.03. The molecule has 0 bridgehead atoms. The van der Waals surface area contributed by atoms with E-state index in [0.717, 1.165) is 39.3 Å². The van der Waals surface area contributed by atoms with Gasteiger partial charge in [-0.05, 0) is 32.5 Å². The number of piperazine rings is 1.